The Hall–Kier alpha value is -2.53. The molecule has 4 rings (SSSR count). The maximum Gasteiger partial charge on any atom is 0.192 e. The van der Waals surface area contributed by atoms with Crippen molar-refractivity contribution in [1.82, 2.24) is 19.5 Å². The predicted octanol–water partition coefficient (Wildman–Crippen LogP) is 7.88. The number of imidazole rings is 1. The molecular weight excluding hydrogens is 498 g/mol. The van der Waals surface area contributed by atoms with Crippen molar-refractivity contribution in [3.8, 4) is 17.3 Å². The third-order valence-corrected chi connectivity index (χ3v) is 12.8. The van der Waals surface area contributed by atoms with Gasteiger partial charge in [0.2, 0.25) is 0 Å². The maximum atomic E-state index is 9.72. The molecule has 1 saturated carbocycles. The molecule has 3 aromatic heterocycles. The molecule has 196 valence electrons. The molecule has 0 aromatic carbocycles. The minimum Gasteiger partial charge on any atom is -0.412 e. The molecule has 1 aliphatic rings. The van der Waals surface area contributed by atoms with Crippen molar-refractivity contribution in [3.63, 3.8) is 0 Å². The van der Waals surface area contributed by atoms with E-state index < -0.39 is 8.32 Å². The summed E-state index contributed by atoms with van der Waals surface area (Å²) < 4.78 is 8.79. The van der Waals surface area contributed by atoms with E-state index in [1.54, 1.807) is 18.5 Å². The lowest BCUT2D eigenvalue weighted by Crippen LogP contribution is -2.41. The molecular formula is C29H38ClN5OSi. The molecule has 0 amide bonds. The molecule has 0 N–H and O–H groups in total. The van der Waals surface area contributed by atoms with Gasteiger partial charge in [-0.1, -0.05) is 58.7 Å². The molecule has 0 bridgehead atoms. The molecule has 0 atom stereocenters. The number of rotatable bonds is 7. The molecule has 3 aromatic rings. The summed E-state index contributed by atoms with van der Waals surface area (Å²) in [5, 5.41) is 10.3. The second-order valence-electron chi connectivity index (χ2n) is 12.1. The zero-order chi connectivity index (χ0) is 27.0. The zero-order valence-corrected chi connectivity index (χ0v) is 24.7. The van der Waals surface area contributed by atoms with Gasteiger partial charge in [-0.2, -0.15) is 5.26 Å². The molecule has 0 unspecified atom stereocenters. The highest BCUT2D eigenvalue weighted by molar-refractivity contribution is 6.74. The quantitative estimate of drug-likeness (QED) is 0.287. The lowest BCUT2D eigenvalue weighted by Gasteiger charge is -2.36. The van der Waals surface area contributed by atoms with Crippen LogP contribution in [-0.4, -0.2) is 34.4 Å². The number of nitriles is 1. The van der Waals surface area contributed by atoms with Crippen molar-refractivity contribution in [2.75, 3.05) is 6.61 Å². The fourth-order valence-electron chi connectivity index (χ4n) is 4.72. The smallest absolute Gasteiger partial charge is 0.192 e. The number of fused-ring (bicyclic) bond motifs is 1. The van der Waals surface area contributed by atoms with E-state index in [1.165, 1.54) is 25.7 Å². The molecule has 37 heavy (non-hydrogen) atoms. The van der Waals surface area contributed by atoms with Crippen LogP contribution in [0.3, 0.4) is 0 Å². The van der Waals surface area contributed by atoms with Crippen molar-refractivity contribution in [2.45, 2.75) is 78.1 Å². The average Bonchev–Trinajstić information content (AvgIpc) is 3.20. The van der Waals surface area contributed by atoms with Gasteiger partial charge in [0.05, 0.1) is 28.4 Å². The Kier molecular flexibility index (Phi) is 7.94. The number of halogens is 1. The number of hydrogen-bond acceptors (Lipinski definition) is 5. The van der Waals surface area contributed by atoms with Gasteiger partial charge in [0, 0.05) is 36.1 Å². The van der Waals surface area contributed by atoms with E-state index >= 15 is 0 Å². The largest absolute Gasteiger partial charge is 0.412 e. The van der Waals surface area contributed by atoms with Crippen molar-refractivity contribution < 1.29 is 4.43 Å². The molecule has 6 nitrogen and oxygen atoms in total. The predicted molar refractivity (Wildman–Crippen MR) is 154 cm³/mol. The van der Waals surface area contributed by atoms with Gasteiger partial charge in [0.25, 0.3) is 0 Å². The highest BCUT2D eigenvalue weighted by Crippen LogP contribution is 2.38. The van der Waals surface area contributed by atoms with Gasteiger partial charge < -0.3 is 8.99 Å². The molecule has 8 heteroatoms. The Morgan fingerprint density at radius 3 is 2.51 bits per heavy atom. The van der Waals surface area contributed by atoms with E-state index in [-0.39, 0.29) is 5.04 Å². The van der Waals surface area contributed by atoms with Crippen molar-refractivity contribution in [3.05, 3.63) is 47.6 Å². The summed E-state index contributed by atoms with van der Waals surface area (Å²) in [7, 11) is -1.97. The summed E-state index contributed by atoms with van der Waals surface area (Å²) in [6, 6.07) is 5.80. The summed E-state index contributed by atoms with van der Waals surface area (Å²) in [6.07, 6.45) is 8.19. The Labute approximate surface area is 226 Å². The normalized spacial score (nSPS) is 18.6. The van der Waals surface area contributed by atoms with Crippen LogP contribution in [0.25, 0.3) is 27.9 Å². The van der Waals surface area contributed by atoms with E-state index in [0.29, 0.717) is 28.9 Å². The van der Waals surface area contributed by atoms with Crippen LogP contribution in [0.4, 0.5) is 0 Å². The van der Waals surface area contributed by atoms with Crippen LogP contribution in [0, 0.1) is 23.2 Å². The van der Waals surface area contributed by atoms with Gasteiger partial charge >= 0.3 is 0 Å². The Bertz CT molecular complexity index is 1340. The topological polar surface area (TPSA) is 76.6 Å². The fourth-order valence-corrected chi connectivity index (χ4v) is 5.86. The van der Waals surface area contributed by atoms with Crippen LogP contribution in [0.1, 0.15) is 64.9 Å². The summed E-state index contributed by atoms with van der Waals surface area (Å²) in [6.45, 7) is 19.2. The average molecular weight is 536 g/mol. The van der Waals surface area contributed by atoms with Crippen molar-refractivity contribution in [2.24, 2.45) is 11.8 Å². The Balaban J connectivity index is 1.83. The lowest BCUT2D eigenvalue weighted by molar-refractivity contribution is 0.265. The molecule has 1 aliphatic carbocycles. The van der Waals surface area contributed by atoms with E-state index in [4.69, 9.17) is 26.0 Å². The second kappa shape index (κ2) is 10.7. The summed E-state index contributed by atoms with van der Waals surface area (Å²) in [5.74, 6) is 2.12. The standard InChI is InChI=1S/C29H38ClN5OSi/c1-19-8-10-21(11-9-19)17-35-27-25(34-28(35)20(2)18-36-37(6,7)29(3,4)5)13-24(14-31)33-26(27)22-12-23(30)16-32-15-22/h12-13,15-16,19,21H,2,8-11,17-18H2,1,3-7H3/t19-,21-. The van der Waals surface area contributed by atoms with Crippen LogP contribution in [0.5, 0.6) is 0 Å². The highest BCUT2D eigenvalue weighted by atomic mass is 35.5. The van der Waals surface area contributed by atoms with E-state index in [0.717, 1.165) is 40.5 Å². The van der Waals surface area contributed by atoms with Crippen LogP contribution >= 0.6 is 11.6 Å². The van der Waals surface area contributed by atoms with Gasteiger partial charge in [-0.05, 0) is 48.9 Å². The Morgan fingerprint density at radius 1 is 1.19 bits per heavy atom. The van der Waals surface area contributed by atoms with Gasteiger partial charge in [0.15, 0.2) is 8.32 Å². The zero-order valence-electron chi connectivity index (χ0n) is 22.9. The molecule has 0 radical (unpaired) electrons. The fraction of sp³-hybridized carbons (Fsp3) is 0.517. The van der Waals surface area contributed by atoms with Crippen LogP contribution in [0.15, 0.2) is 31.1 Å². The van der Waals surface area contributed by atoms with Crippen LogP contribution in [-0.2, 0) is 11.0 Å². The first kappa shape index (κ1) is 27.5. The molecule has 0 spiro atoms. The minimum absolute atomic E-state index is 0.102. The first-order valence-corrected chi connectivity index (χ1v) is 16.4. The molecule has 0 saturated heterocycles. The summed E-state index contributed by atoms with van der Waals surface area (Å²) in [4.78, 5) is 14.0. The van der Waals surface area contributed by atoms with Gasteiger partial charge in [-0.3, -0.25) is 4.98 Å². The van der Waals surface area contributed by atoms with E-state index in [9.17, 15) is 5.26 Å². The van der Waals surface area contributed by atoms with Crippen molar-refractivity contribution in [1.29, 1.82) is 5.26 Å². The van der Waals surface area contributed by atoms with E-state index in [1.807, 2.05) is 6.07 Å². The monoisotopic (exact) mass is 535 g/mol. The SMILES string of the molecule is C=C(CO[Si](C)(C)C(C)(C)C)c1nc2cc(C#N)nc(-c3cncc(Cl)c3)c2n1C[C@H]1CC[C@H](C)CC1. The van der Waals surface area contributed by atoms with Crippen LogP contribution in [0.2, 0.25) is 23.2 Å². The van der Waals surface area contributed by atoms with Gasteiger partial charge in [-0.15, -0.1) is 0 Å². The first-order valence-electron chi connectivity index (χ1n) is 13.1. The highest BCUT2D eigenvalue weighted by Gasteiger charge is 2.37. The number of nitrogens with zero attached hydrogens (tertiary/aromatic N) is 5. The lowest BCUT2D eigenvalue weighted by atomic mass is 9.83. The van der Waals surface area contributed by atoms with E-state index in [2.05, 4.69) is 63.0 Å². The molecule has 1 fully saturated rings. The maximum absolute atomic E-state index is 9.72. The third kappa shape index (κ3) is 5.98. The minimum atomic E-state index is -1.97. The first-order chi connectivity index (χ1) is 17.4. The summed E-state index contributed by atoms with van der Waals surface area (Å²) >= 11 is 6.30. The molecule has 3 heterocycles. The summed E-state index contributed by atoms with van der Waals surface area (Å²) in [5.41, 5.74) is 4.22. The number of aromatic nitrogens is 4. The number of hydrogen-bond donors (Lipinski definition) is 0. The number of pyridine rings is 2. The second-order valence-corrected chi connectivity index (χ2v) is 17.3. The van der Waals surface area contributed by atoms with Gasteiger partial charge in [-0.25, -0.2) is 9.97 Å². The molecule has 0 aliphatic heterocycles. The van der Waals surface area contributed by atoms with Crippen molar-refractivity contribution >= 4 is 36.5 Å². The Morgan fingerprint density at radius 2 is 1.89 bits per heavy atom. The van der Waals surface area contributed by atoms with Gasteiger partial charge in [0.1, 0.15) is 17.6 Å². The van der Waals surface area contributed by atoms with Crippen LogP contribution < -0.4 is 0 Å². The third-order valence-electron chi connectivity index (χ3n) is 8.12.